The van der Waals surface area contributed by atoms with Crippen molar-refractivity contribution in [2.24, 2.45) is 0 Å². The summed E-state index contributed by atoms with van der Waals surface area (Å²) in [5.41, 5.74) is 0.773. The van der Waals surface area contributed by atoms with Crippen LogP contribution in [0, 0.1) is 6.92 Å². The molecule has 23 heavy (non-hydrogen) atoms. The number of hydrogen-bond acceptors (Lipinski definition) is 4. The number of aryl methyl sites for hydroxylation is 1. The zero-order valence-electron chi connectivity index (χ0n) is 12.9. The highest BCUT2D eigenvalue weighted by molar-refractivity contribution is 5.98. The van der Waals surface area contributed by atoms with Crippen molar-refractivity contribution >= 4 is 16.8 Å². The second-order valence-corrected chi connectivity index (χ2v) is 5.30. The van der Waals surface area contributed by atoms with Gasteiger partial charge in [-0.1, -0.05) is 12.1 Å². The van der Waals surface area contributed by atoms with Crippen LogP contribution in [0.1, 0.15) is 15.9 Å². The standard InChI is InChI=1S/C18H16NO4/c1-12-5-4-8-19(10-12)11-15(20)14-9-13-6-3-7-16(22-2)17(13)23-18(14)21/h3-10H,11H2,1-2H3/q+1. The lowest BCUT2D eigenvalue weighted by Gasteiger charge is -2.04. The second-order valence-electron chi connectivity index (χ2n) is 5.30. The molecular formula is C18H16NO4+. The number of rotatable bonds is 4. The van der Waals surface area contributed by atoms with Crippen molar-refractivity contribution < 1.29 is 18.5 Å². The Morgan fingerprint density at radius 2 is 2.09 bits per heavy atom. The van der Waals surface area contributed by atoms with Gasteiger partial charge in [-0.25, -0.2) is 4.79 Å². The number of carbonyl (C=O) groups is 1. The number of benzene rings is 1. The molecule has 2 heterocycles. The van der Waals surface area contributed by atoms with Crippen LogP contribution in [-0.2, 0) is 6.54 Å². The summed E-state index contributed by atoms with van der Waals surface area (Å²) in [6.45, 7) is 2.03. The third kappa shape index (κ3) is 2.99. The first-order valence-electron chi connectivity index (χ1n) is 7.18. The molecule has 0 aliphatic rings. The molecular weight excluding hydrogens is 294 g/mol. The normalized spacial score (nSPS) is 10.7. The van der Waals surface area contributed by atoms with Gasteiger partial charge in [0.05, 0.1) is 7.11 Å². The molecule has 5 nitrogen and oxygen atoms in total. The lowest BCUT2D eigenvalue weighted by molar-refractivity contribution is -0.683. The third-order valence-corrected chi connectivity index (χ3v) is 3.58. The summed E-state index contributed by atoms with van der Waals surface area (Å²) in [5.74, 6) is 0.172. The van der Waals surface area contributed by atoms with Crippen LogP contribution < -0.4 is 14.9 Å². The first kappa shape index (κ1) is 15.0. The van der Waals surface area contributed by atoms with Crippen molar-refractivity contribution in [3.05, 3.63) is 70.3 Å². The van der Waals surface area contributed by atoms with Crippen LogP contribution in [0.5, 0.6) is 5.75 Å². The van der Waals surface area contributed by atoms with E-state index in [-0.39, 0.29) is 17.9 Å². The molecule has 1 aromatic carbocycles. The van der Waals surface area contributed by atoms with Gasteiger partial charge in [0.15, 0.2) is 23.7 Å². The van der Waals surface area contributed by atoms with Crippen molar-refractivity contribution in [2.45, 2.75) is 13.5 Å². The minimum absolute atomic E-state index is 0.0414. The van der Waals surface area contributed by atoms with Crippen LogP contribution in [0.2, 0.25) is 0 Å². The predicted molar refractivity (Wildman–Crippen MR) is 84.7 cm³/mol. The Morgan fingerprint density at radius 3 is 2.83 bits per heavy atom. The SMILES string of the molecule is COc1cccc2cc(C(=O)C[n+]3cccc(C)c3)c(=O)oc12. The molecule has 0 unspecified atom stereocenters. The van der Waals surface area contributed by atoms with Crippen molar-refractivity contribution in [1.82, 2.24) is 0 Å². The van der Waals surface area contributed by atoms with E-state index in [9.17, 15) is 9.59 Å². The zero-order valence-corrected chi connectivity index (χ0v) is 12.9. The van der Waals surface area contributed by atoms with Gasteiger partial charge in [0.1, 0.15) is 5.56 Å². The molecule has 0 N–H and O–H groups in total. The molecule has 0 radical (unpaired) electrons. The molecule has 2 aromatic heterocycles. The van der Waals surface area contributed by atoms with Crippen molar-refractivity contribution in [3.8, 4) is 5.75 Å². The molecule has 0 bridgehead atoms. The Kier molecular flexibility index (Phi) is 3.93. The van der Waals surface area contributed by atoms with E-state index in [0.717, 1.165) is 5.56 Å². The number of aromatic nitrogens is 1. The van der Waals surface area contributed by atoms with Crippen LogP contribution in [0.25, 0.3) is 11.0 Å². The van der Waals surface area contributed by atoms with E-state index in [0.29, 0.717) is 16.7 Å². The number of ketones is 1. The molecule has 0 aliphatic heterocycles. The lowest BCUT2D eigenvalue weighted by atomic mass is 10.1. The van der Waals surface area contributed by atoms with Gasteiger partial charge in [-0.05, 0) is 25.1 Å². The van der Waals surface area contributed by atoms with E-state index in [1.165, 1.54) is 7.11 Å². The fourth-order valence-electron chi connectivity index (χ4n) is 2.48. The fraction of sp³-hybridized carbons (Fsp3) is 0.167. The first-order valence-corrected chi connectivity index (χ1v) is 7.18. The largest absolute Gasteiger partial charge is 0.493 e. The number of methoxy groups -OCH3 is 1. The maximum atomic E-state index is 12.4. The van der Waals surface area contributed by atoms with Crippen LogP contribution in [0.15, 0.2) is 58.0 Å². The first-order chi connectivity index (χ1) is 11.1. The fourth-order valence-corrected chi connectivity index (χ4v) is 2.48. The maximum absolute atomic E-state index is 12.4. The van der Waals surface area contributed by atoms with Crippen LogP contribution >= 0.6 is 0 Å². The van der Waals surface area contributed by atoms with Gasteiger partial charge in [-0.2, -0.15) is 4.57 Å². The number of ether oxygens (including phenoxy) is 1. The predicted octanol–water partition coefficient (Wildman–Crippen LogP) is 2.28. The summed E-state index contributed by atoms with van der Waals surface area (Å²) < 4.78 is 12.2. The summed E-state index contributed by atoms with van der Waals surface area (Å²) in [6.07, 6.45) is 3.64. The lowest BCUT2D eigenvalue weighted by Crippen LogP contribution is -2.38. The average molecular weight is 310 g/mol. The summed E-state index contributed by atoms with van der Waals surface area (Å²) in [5, 5.41) is 0.654. The minimum Gasteiger partial charge on any atom is -0.493 e. The molecule has 0 spiro atoms. The van der Waals surface area contributed by atoms with Gasteiger partial charge in [-0.15, -0.1) is 0 Å². The number of Topliss-reactive ketones (excluding diaryl/α,β-unsaturated/α-hetero) is 1. The Bertz CT molecular complexity index is 943. The number of hydrogen-bond donors (Lipinski definition) is 0. The van der Waals surface area contributed by atoms with E-state index in [4.69, 9.17) is 9.15 Å². The molecule has 3 aromatic rings. The van der Waals surface area contributed by atoms with Gasteiger partial charge in [-0.3, -0.25) is 4.79 Å². The van der Waals surface area contributed by atoms with E-state index >= 15 is 0 Å². The number of carbonyl (C=O) groups excluding carboxylic acids is 1. The van der Waals surface area contributed by atoms with Gasteiger partial charge in [0, 0.05) is 17.0 Å². The molecule has 0 fully saturated rings. The van der Waals surface area contributed by atoms with E-state index < -0.39 is 5.63 Å². The number of fused-ring (bicyclic) bond motifs is 1. The highest BCUT2D eigenvalue weighted by Crippen LogP contribution is 2.24. The number of para-hydroxylation sites is 1. The van der Waals surface area contributed by atoms with Gasteiger partial charge in [0.25, 0.3) is 0 Å². The Labute approximate surface area is 132 Å². The van der Waals surface area contributed by atoms with E-state index in [2.05, 4.69) is 0 Å². The Morgan fingerprint density at radius 1 is 1.26 bits per heavy atom. The number of pyridine rings is 1. The topological polar surface area (TPSA) is 60.4 Å². The summed E-state index contributed by atoms with van der Waals surface area (Å²) in [6, 6.07) is 10.6. The van der Waals surface area contributed by atoms with Crippen LogP contribution in [-0.4, -0.2) is 12.9 Å². The monoisotopic (exact) mass is 310 g/mol. The molecule has 0 amide bonds. The van der Waals surface area contributed by atoms with Crippen molar-refractivity contribution in [3.63, 3.8) is 0 Å². The molecule has 0 atom stereocenters. The quantitative estimate of drug-likeness (QED) is 0.421. The highest BCUT2D eigenvalue weighted by atomic mass is 16.5. The average Bonchev–Trinajstić information content (AvgIpc) is 2.53. The summed E-state index contributed by atoms with van der Waals surface area (Å²) in [7, 11) is 1.50. The highest BCUT2D eigenvalue weighted by Gasteiger charge is 2.19. The Hall–Kier alpha value is -2.95. The van der Waals surface area contributed by atoms with E-state index in [1.54, 1.807) is 35.0 Å². The van der Waals surface area contributed by atoms with Gasteiger partial charge < -0.3 is 9.15 Å². The summed E-state index contributed by atoms with van der Waals surface area (Å²) >= 11 is 0. The smallest absolute Gasteiger partial charge is 0.347 e. The minimum atomic E-state index is -0.653. The van der Waals surface area contributed by atoms with Crippen molar-refractivity contribution in [1.29, 1.82) is 0 Å². The molecule has 0 saturated heterocycles. The van der Waals surface area contributed by atoms with Crippen LogP contribution in [0.4, 0.5) is 0 Å². The van der Waals surface area contributed by atoms with E-state index in [1.807, 2.05) is 25.3 Å². The molecule has 116 valence electrons. The molecule has 3 rings (SSSR count). The second kappa shape index (κ2) is 6.04. The zero-order chi connectivity index (χ0) is 16.4. The molecule has 0 saturated carbocycles. The van der Waals surface area contributed by atoms with Gasteiger partial charge >= 0.3 is 5.63 Å². The maximum Gasteiger partial charge on any atom is 0.347 e. The van der Waals surface area contributed by atoms with Gasteiger partial charge in [0.2, 0.25) is 12.3 Å². The molecule has 5 heteroatoms. The third-order valence-electron chi connectivity index (χ3n) is 3.58. The van der Waals surface area contributed by atoms with Crippen LogP contribution in [0.3, 0.4) is 0 Å². The summed E-state index contributed by atoms with van der Waals surface area (Å²) in [4.78, 5) is 24.6. The number of nitrogens with zero attached hydrogens (tertiary/aromatic N) is 1. The van der Waals surface area contributed by atoms with Crippen molar-refractivity contribution in [2.75, 3.05) is 7.11 Å². The molecule has 0 aliphatic carbocycles. The Balaban J connectivity index is 2.01.